The fraction of sp³-hybridized carbons (Fsp3) is 0.333. The predicted octanol–water partition coefficient (Wildman–Crippen LogP) is 5.49. The highest BCUT2D eigenvalue weighted by molar-refractivity contribution is 7.89. The number of nitrogens with zero attached hydrogens (tertiary/aromatic N) is 6. The minimum Gasteiger partial charge on any atom is -0.286 e. The van der Waals surface area contributed by atoms with Crippen LogP contribution in [0.1, 0.15) is 66.4 Å². The maximum absolute atomic E-state index is 13.6. The molecule has 2 aliphatic rings. The number of benzene rings is 3. The summed E-state index contributed by atoms with van der Waals surface area (Å²) in [5.74, 6) is -0.391. The van der Waals surface area contributed by atoms with Crippen LogP contribution in [0.5, 0.6) is 0 Å². The molecule has 48 heavy (non-hydrogen) atoms. The lowest BCUT2D eigenvalue weighted by molar-refractivity contribution is 0.103. The quantitative estimate of drug-likeness (QED) is 0.127. The predicted molar refractivity (Wildman–Crippen MR) is 186 cm³/mol. The Morgan fingerprint density at radius 2 is 1.19 bits per heavy atom. The zero-order valence-electron chi connectivity index (χ0n) is 26.3. The molecule has 2 fully saturated rings. The number of carbonyl (C=O) groups is 1. The van der Waals surface area contributed by atoms with E-state index in [9.17, 15) is 21.6 Å². The van der Waals surface area contributed by atoms with Gasteiger partial charge in [0.15, 0.2) is 5.01 Å². The molecule has 6 rings (SSSR count). The molecule has 0 aliphatic carbocycles. The van der Waals surface area contributed by atoms with Crippen LogP contribution in [0.2, 0.25) is 5.02 Å². The molecule has 0 N–H and O–H groups in total. The Labute approximate surface area is 289 Å². The summed E-state index contributed by atoms with van der Waals surface area (Å²) < 4.78 is 56.8. The van der Waals surface area contributed by atoms with Crippen LogP contribution >= 0.6 is 22.9 Å². The van der Waals surface area contributed by atoms with Crippen molar-refractivity contribution in [3.05, 3.63) is 98.8 Å². The summed E-state index contributed by atoms with van der Waals surface area (Å²) in [6.07, 6.45) is 5.44. The number of carbonyl (C=O) groups excluding carboxylic acids is 1. The largest absolute Gasteiger partial charge is 0.286 e. The van der Waals surface area contributed by atoms with Crippen molar-refractivity contribution in [1.82, 2.24) is 18.4 Å². The molecule has 0 amide bonds. The Kier molecular flexibility index (Phi) is 10.4. The van der Waals surface area contributed by atoms with Crippen LogP contribution in [0.15, 0.2) is 92.8 Å². The van der Waals surface area contributed by atoms with Gasteiger partial charge in [0.05, 0.1) is 21.2 Å². The maximum atomic E-state index is 13.6. The number of hydrogen-bond acceptors (Lipinski definition) is 9. The van der Waals surface area contributed by atoms with E-state index in [4.69, 9.17) is 11.6 Å². The van der Waals surface area contributed by atoms with Crippen LogP contribution in [0.4, 0.5) is 0 Å². The first-order valence-electron chi connectivity index (χ1n) is 15.7. The molecular formula is C33H35ClN6O5S3. The van der Waals surface area contributed by atoms with Crippen molar-refractivity contribution in [3.63, 3.8) is 0 Å². The summed E-state index contributed by atoms with van der Waals surface area (Å²) >= 11 is 7.15. The molecule has 2 aliphatic heterocycles. The van der Waals surface area contributed by atoms with Crippen LogP contribution in [0.3, 0.4) is 0 Å². The molecule has 252 valence electrons. The van der Waals surface area contributed by atoms with Crippen LogP contribution in [-0.2, 0) is 20.0 Å². The number of piperidine rings is 2. The van der Waals surface area contributed by atoms with Crippen molar-refractivity contribution in [1.29, 1.82) is 0 Å². The van der Waals surface area contributed by atoms with E-state index < -0.39 is 25.8 Å². The van der Waals surface area contributed by atoms with Gasteiger partial charge < -0.3 is 0 Å². The molecule has 15 heteroatoms. The van der Waals surface area contributed by atoms with Crippen molar-refractivity contribution in [3.8, 4) is 5.69 Å². The van der Waals surface area contributed by atoms with E-state index in [1.54, 1.807) is 55.5 Å². The van der Waals surface area contributed by atoms with Crippen molar-refractivity contribution in [2.45, 2.75) is 55.2 Å². The number of sulfonamides is 2. The minimum absolute atomic E-state index is 0.135. The molecule has 4 aromatic rings. The highest BCUT2D eigenvalue weighted by Gasteiger charge is 2.27. The molecular weight excluding hydrogens is 692 g/mol. The first-order valence-corrected chi connectivity index (χ1v) is 19.8. The van der Waals surface area contributed by atoms with Crippen molar-refractivity contribution in [2.24, 2.45) is 10.2 Å². The molecule has 0 radical (unpaired) electrons. The molecule has 0 unspecified atom stereocenters. The summed E-state index contributed by atoms with van der Waals surface area (Å²) in [5, 5.41) is 14.0. The normalized spacial score (nSPS) is 17.5. The zero-order valence-corrected chi connectivity index (χ0v) is 29.5. The Balaban J connectivity index is 1.28. The van der Waals surface area contributed by atoms with E-state index in [-0.39, 0.29) is 20.4 Å². The molecule has 1 aromatic heterocycles. The summed E-state index contributed by atoms with van der Waals surface area (Å²) in [6, 6.07) is 19.4. The second kappa shape index (κ2) is 14.5. The first kappa shape index (κ1) is 34.3. The Hall–Kier alpha value is -3.53. The molecule has 0 atom stereocenters. The van der Waals surface area contributed by atoms with E-state index >= 15 is 0 Å². The number of ketones is 1. The average Bonchev–Trinajstić information content (AvgIpc) is 3.55. The first-order chi connectivity index (χ1) is 23.0. The van der Waals surface area contributed by atoms with E-state index in [0.29, 0.717) is 53.0 Å². The Bertz CT molecular complexity index is 2100. The fourth-order valence-corrected chi connectivity index (χ4v) is 9.62. The van der Waals surface area contributed by atoms with E-state index in [1.807, 2.05) is 0 Å². The van der Waals surface area contributed by atoms with Crippen LogP contribution < -0.4 is 4.80 Å². The Morgan fingerprint density at radius 3 is 1.69 bits per heavy atom. The van der Waals surface area contributed by atoms with Gasteiger partial charge in [0.1, 0.15) is 0 Å². The third-order valence-corrected chi connectivity index (χ3v) is 13.4. The molecule has 0 saturated carbocycles. The topological polar surface area (TPSA) is 134 Å². The lowest BCUT2D eigenvalue weighted by Gasteiger charge is -2.25. The third kappa shape index (κ3) is 7.38. The van der Waals surface area contributed by atoms with E-state index in [1.165, 1.54) is 37.6 Å². The monoisotopic (exact) mass is 726 g/mol. The summed E-state index contributed by atoms with van der Waals surface area (Å²) in [5.41, 5.74) is 2.12. The summed E-state index contributed by atoms with van der Waals surface area (Å²) in [7, 11) is -7.19. The highest BCUT2D eigenvalue weighted by Crippen LogP contribution is 2.23. The lowest BCUT2D eigenvalue weighted by Crippen LogP contribution is -2.35. The summed E-state index contributed by atoms with van der Waals surface area (Å²) in [6.45, 7) is 3.81. The standard InChI is InChI=1S/C33H35ClN6O5S3/c1-24(25-8-16-29(17-9-25)47(42,43)38-20-4-2-5-21-38)35-36-33-40(28-14-12-27(34)13-15-28)37-32(46-33)31(41)26-10-18-30(19-11-26)48(44,45)39-22-6-3-7-23-39/h8-19H,2-7,20-23H2,1H3/b35-24+,36-33+. The third-order valence-electron chi connectivity index (χ3n) is 8.41. The number of aromatic nitrogens is 2. The van der Waals surface area contributed by atoms with Gasteiger partial charge in [-0.3, -0.25) is 4.79 Å². The van der Waals surface area contributed by atoms with Gasteiger partial charge in [0, 0.05) is 36.8 Å². The van der Waals surface area contributed by atoms with Gasteiger partial charge in [-0.05, 0) is 98.8 Å². The molecule has 0 spiro atoms. The summed E-state index contributed by atoms with van der Waals surface area (Å²) in [4.78, 5) is 14.3. The minimum atomic E-state index is -3.63. The number of hydrogen-bond donors (Lipinski definition) is 0. The average molecular weight is 727 g/mol. The molecule has 0 bridgehead atoms. The van der Waals surface area contributed by atoms with Crippen LogP contribution in [0, 0.1) is 0 Å². The van der Waals surface area contributed by atoms with Gasteiger partial charge in [-0.15, -0.1) is 5.10 Å². The Morgan fingerprint density at radius 1 is 0.708 bits per heavy atom. The number of rotatable bonds is 9. The van der Waals surface area contributed by atoms with Crippen molar-refractivity contribution in [2.75, 3.05) is 26.2 Å². The lowest BCUT2D eigenvalue weighted by atomic mass is 10.1. The molecule has 3 aromatic carbocycles. The van der Waals surface area contributed by atoms with Gasteiger partial charge in [-0.25, -0.2) is 21.5 Å². The van der Waals surface area contributed by atoms with Gasteiger partial charge in [-0.1, -0.05) is 47.9 Å². The van der Waals surface area contributed by atoms with Gasteiger partial charge in [0.25, 0.3) is 0 Å². The van der Waals surface area contributed by atoms with Crippen molar-refractivity contribution < 1.29 is 21.6 Å². The van der Waals surface area contributed by atoms with Gasteiger partial charge in [0.2, 0.25) is 30.6 Å². The second-order valence-electron chi connectivity index (χ2n) is 11.7. The molecule has 2 saturated heterocycles. The van der Waals surface area contributed by atoms with Crippen LogP contribution in [-0.4, -0.2) is 72.9 Å². The number of halogens is 1. The zero-order chi connectivity index (χ0) is 33.9. The SMILES string of the molecule is C/C(=N\N=c1\sc(C(=O)c2ccc(S(=O)(=O)N3CCCCC3)cc2)nn1-c1ccc(Cl)cc1)c1ccc(S(=O)(=O)N2CCCCC2)cc1. The molecule has 11 nitrogen and oxygen atoms in total. The van der Waals surface area contributed by atoms with Crippen LogP contribution in [0.25, 0.3) is 5.69 Å². The molecule has 3 heterocycles. The second-order valence-corrected chi connectivity index (χ2v) is 16.9. The fourth-order valence-electron chi connectivity index (χ4n) is 5.64. The van der Waals surface area contributed by atoms with Gasteiger partial charge >= 0.3 is 0 Å². The van der Waals surface area contributed by atoms with Gasteiger partial charge in [-0.2, -0.15) is 18.8 Å². The van der Waals surface area contributed by atoms with E-state index in [2.05, 4.69) is 15.3 Å². The smallest absolute Gasteiger partial charge is 0.243 e. The maximum Gasteiger partial charge on any atom is 0.243 e. The van der Waals surface area contributed by atoms with Crippen molar-refractivity contribution >= 4 is 54.5 Å². The highest BCUT2D eigenvalue weighted by atomic mass is 35.5. The van der Waals surface area contributed by atoms with E-state index in [0.717, 1.165) is 49.9 Å².